The van der Waals surface area contributed by atoms with Crippen molar-refractivity contribution in [3.05, 3.63) is 52.4 Å². The Morgan fingerprint density at radius 3 is 2.57 bits per heavy atom. The van der Waals surface area contributed by atoms with Crippen LogP contribution in [0.25, 0.3) is 0 Å². The highest BCUT2D eigenvalue weighted by Crippen LogP contribution is 2.28. The van der Waals surface area contributed by atoms with Gasteiger partial charge in [0.15, 0.2) is 4.67 Å². The van der Waals surface area contributed by atoms with Gasteiger partial charge >= 0.3 is 0 Å². The molecule has 0 aliphatic carbocycles. The summed E-state index contributed by atoms with van der Waals surface area (Å²) in [6, 6.07) is 11.0. The van der Waals surface area contributed by atoms with Crippen LogP contribution in [0.1, 0.15) is 11.3 Å². The van der Waals surface area contributed by atoms with E-state index in [9.17, 15) is 8.42 Å². The molecule has 21 heavy (non-hydrogen) atoms. The first-order valence-electron chi connectivity index (χ1n) is 6.38. The summed E-state index contributed by atoms with van der Waals surface area (Å²) in [5.74, 6) is 0.566. The first kappa shape index (κ1) is 16.2. The number of sulfonamides is 1. The summed E-state index contributed by atoms with van der Waals surface area (Å²) in [6.45, 7) is 0.776. The van der Waals surface area contributed by atoms with Gasteiger partial charge in [-0.15, -0.1) is 0 Å². The lowest BCUT2D eigenvalue weighted by molar-refractivity contribution is 0.454. The van der Waals surface area contributed by atoms with Crippen LogP contribution in [-0.4, -0.2) is 26.8 Å². The number of rotatable bonds is 6. The molecule has 1 heterocycles. The van der Waals surface area contributed by atoms with E-state index in [1.807, 2.05) is 30.3 Å². The highest BCUT2D eigenvalue weighted by Gasteiger charge is 2.27. The summed E-state index contributed by atoms with van der Waals surface area (Å²) >= 11 is 3.18. The highest BCUT2D eigenvalue weighted by atomic mass is 79.9. The Hall–Kier alpha value is -1.15. The lowest BCUT2D eigenvalue weighted by Crippen LogP contribution is -2.26. The number of nitrogens with one attached hydrogen (secondary N) is 1. The molecule has 7 heteroatoms. The minimum Gasteiger partial charge on any atom is -0.452 e. The maximum Gasteiger partial charge on any atom is 0.247 e. The van der Waals surface area contributed by atoms with E-state index in [0.29, 0.717) is 18.8 Å². The van der Waals surface area contributed by atoms with Gasteiger partial charge in [0.05, 0.1) is 6.54 Å². The molecule has 0 aliphatic rings. The van der Waals surface area contributed by atoms with Crippen LogP contribution in [0, 0.1) is 0 Å². The van der Waals surface area contributed by atoms with Crippen LogP contribution in [0.5, 0.6) is 0 Å². The first-order chi connectivity index (χ1) is 9.95. The second-order valence-corrected chi connectivity index (χ2v) is 7.36. The molecule has 1 aromatic carbocycles. The van der Waals surface area contributed by atoms with Crippen molar-refractivity contribution in [3.8, 4) is 0 Å². The van der Waals surface area contributed by atoms with Gasteiger partial charge in [-0.05, 0) is 28.5 Å². The molecule has 0 atom stereocenters. The number of benzene rings is 1. The Bertz CT molecular complexity index is 698. The number of hydrogen-bond acceptors (Lipinski definition) is 4. The van der Waals surface area contributed by atoms with Crippen molar-refractivity contribution < 1.29 is 12.8 Å². The van der Waals surface area contributed by atoms with Crippen LogP contribution in [0.2, 0.25) is 0 Å². The summed E-state index contributed by atoms with van der Waals surface area (Å²) in [7, 11) is -0.275. The van der Waals surface area contributed by atoms with E-state index < -0.39 is 10.0 Å². The average Bonchev–Trinajstić information content (AvgIpc) is 2.82. The van der Waals surface area contributed by atoms with Crippen LogP contribution in [0.3, 0.4) is 0 Å². The minimum absolute atomic E-state index is 0.145. The van der Waals surface area contributed by atoms with E-state index in [1.54, 1.807) is 14.1 Å². The van der Waals surface area contributed by atoms with Gasteiger partial charge in [0, 0.05) is 19.7 Å². The third-order valence-corrected chi connectivity index (χ3v) is 5.65. The van der Waals surface area contributed by atoms with Gasteiger partial charge in [-0.2, -0.15) is 4.31 Å². The van der Waals surface area contributed by atoms with Gasteiger partial charge in [-0.1, -0.05) is 30.3 Å². The molecule has 1 aromatic heterocycles. The lowest BCUT2D eigenvalue weighted by atomic mass is 10.2. The summed E-state index contributed by atoms with van der Waals surface area (Å²) in [5.41, 5.74) is 0.929. The van der Waals surface area contributed by atoms with Crippen LogP contribution >= 0.6 is 15.9 Å². The lowest BCUT2D eigenvalue weighted by Gasteiger charge is -2.16. The SMILES string of the molecule is CNCc1cc(S(=O)(=O)N(C)Cc2ccccc2)c(Br)o1. The molecule has 0 fully saturated rings. The van der Waals surface area contributed by atoms with Gasteiger partial charge in [0.1, 0.15) is 10.7 Å². The molecule has 0 unspecified atom stereocenters. The van der Waals surface area contributed by atoms with Gasteiger partial charge in [0.25, 0.3) is 0 Å². The standard InChI is InChI=1S/C14H17BrN2O3S/c1-16-9-12-8-13(14(15)20-12)21(18,19)17(2)10-11-6-4-3-5-7-11/h3-8,16H,9-10H2,1-2H3. The smallest absolute Gasteiger partial charge is 0.247 e. The van der Waals surface area contributed by atoms with Crippen molar-refractivity contribution in [2.45, 2.75) is 18.0 Å². The van der Waals surface area contributed by atoms with Gasteiger partial charge in [-0.3, -0.25) is 0 Å². The molecule has 0 saturated heterocycles. The molecule has 1 N–H and O–H groups in total. The number of furan rings is 1. The number of nitrogens with zero attached hydrogens (tertiary/aromatic N) is 1. The number of hydrogen-bond donors (Lipinski definition) is 1. The Labute approximate surface area is 133 Å². The van der Waals surface area contributed by atoms with Gasteiger partial charge in [-0.25, -0.2) is 8.42 Å². The van der Waals surface area contributed by atoms with Crippen LogP contribution in [0.4, 0.5) is 0 Å². The molecule has 2 rings (SSSR count). The molecule has 0 amide bonds. The highest BCUT2D eigenvalue weighted by molar-refractivity contribution is 9.10. The first-order valence-corrected chi connectivity index (χ1v) is 8.61. The molecule has 2 aromatic rings. The normalized spacial score (nSPS) is 12.0. The maximum absolute atomic E-state index is 12.6. The van der Waals surface area contributed by atoms with E-state index in [2.05, 4.69) is 21.2 Å². The van der Waals surface area contributed by atoms with Crippen LogP contribution in [-0.2, 0) is 23.1 Å². The van der Waals surface area contributed by atoms with Gasteiger partial charge in [0.2, 0.25) is 10.0 Å². The van der Waals surface area contributed by atoms with Crippen molar-refractivity contribution in [1.82, 2.24) is 9.62 Å². The molecule has 114 valence electrons. The molecule has 0 aliphatic heterocycles. The zero-order valence-corrected chi connectivity index (χ0v) is 14.2. The second kappa shape index (κ2) is 6.74. The third-order valence-electron chi connectivity index (χ3n) is 2.99. The van der Waals surface area contributed by atoms with E-state index in [1.165, 1.54) is 10.4 Å². The second-order valence-electron chi connectivity index (χ2n) is 4.63. The quantitative estimate of drug-likeness (QED) is 0.846. The molecular formula is C14H17BrN2O3S. The fourth-order valence-corrected chi connectivity index (χ4v) is 4.04. The Morgan fingerprint density at radius 1 is 1.29 bits per heavy atom. The molecule has 0 saturated carbocycles. The van der Waals surface area contributed by atoms with Crippen LogP contribution < -0.4 is 5.32 Å². The maximum atomic E-state index is 12.6. The van der Waals surface area contributed by atoms with E-state index >= 15 is 0 Å². The zero-order valence-electron chi connectivity index (χ0n) is 11.8. The summed E-state index contributed by atoms with van der Waals surface area (Å²) in [4.78, 5) is 0.145. The molecular weight excluding hydrogens is 356 g/mol. The Balaban J connectivity index is 2.24. The zero-order chi connectivity index (χ0) is 15.5. The van der Waals surface area contributed by atoms with Gasteiger partial charge < -0.3 is 9.73 Å². The van der Waals surface area contributed by atoms with Crippen molar-refractivity contribution >= 4 is 26.0 Å². The van der Waals surface area contributed by atoms with Crippen molar-refractivity contribution in [2.24, 2.45) is 0 Å². The fourth-order valence-electron chi connectivity index (χ4n) is 1.93. The minimum atomic E-state index is -3.60. The Kier molecular flexibility index (Phi) is 5.21. The average molecular weight is 373 g/mol. The Morgan fingerprint density at radius 2 is 1.95 bits per heavy atom. The fraction of sp³-hybridized carbons (Fsp3) is 0.286. The predicted molar refractivity (Wildman–Crippen MR) is 84.3 cm³/mol. The molecule has 0 bridgehead atoms. The summed E-state index contributed by atoms with van der Waals surface area (Å²) in [6.07, 6.45) is 0. The largest absolute Gasteiger partial charge is 0.452 e. The monoisotopic (exact) mass is 372 g/mol. The van der Waals surface area contributed by atoms with Crippen molar-refractivity contribution in [3.63, 3.8) is 0 Å². The molecule has 5 nitrogen and oxygen atoms in total. The number of halogens is 1. The van der Waals surface area contributed by atoms with Crippen LogP contribution in [0.15, 0.2) is 50.4 Å². The van der Waals surface area contributed by atoms with Crippen molar-refractivity contribution in [1.29, 1.82) is 0 Å². The molecule has 0 spiro atoms. The van der Waals surface area contributed by atoms with E-state index in [0.717, 1.165) is 5.56 Å². The topological polar surface area (TPSA) is 62.6 Å². The third kappa shape index (κ3) is 3.74. The van der Waals surface area contributed by atoms with Crippen molar-refractivity contribution in [2.75, 3.05) is 14.1 Å². The van der Waals surface area contributed by atoms with E-state index in [-0.39, 0.29) is 9.56 Å². The molecule has 0 radical (unpaired) electrons. The van der Waals surface area contributed by atoms with E-state index in [4.69, 9.17) is 4.42 Å². The summed E-state index contributed by atoms with van der Waals surface area (Å²) < 4.78 is 32.1. The predicted octanol–water partition coefficient (Wildman–Crippen LogP) is 2.58. The summed E-state index contributed by atoms with van der Waals surface area (Å²) in [5, 5.41) is 2.92.